The number of aryl methyl sites for hydroxylation is 1. The third kappa shape index (κ3) is 4.01. The minimum atomic E-state index is -0.811. The Balaban J connectivity index is 1.94. The maximum atomic E-state index is 13.8. The van der Waals surface area contributed by atoms with Crippen molar-refractivity contribution in [1.82, 2.24) is 4.90 Å². The van der Waals surface area contributed by atoms with E-state index in [1.807, 2.05) is 0 Å². The molecule has 1 aliphatic heterocycles. The zero-order valence-electron chi connectivity index (χ0n) is 12.8. The molecule has 22 heavy (non-hydrogen) atoms. The Morgan fingerprint density at radius 2 is 2.00 bits per heavy atom. The first-order valence-corrected chi connectivity index (χ1v) is 7.59. The second-order valence-corrected chi connectivity index (χ2v) is 5.59. The van der Waals surface area contributed by atoms with Gasteiger partial charge in [-0.05, 0) is 44.4 Å². The molecule has 1 saturated heterocycles. The minimum absolute atomic E-state index is 0.0681. The standard InChI is InChI=1S/C16H22F2N2O2/c1-11-9-13(15(18)10-14(11)17)16(21)20-6-3-12(4-7-20)22-8-2-5-19/h9-10,12H,2-8,19H2,1H3. The lowest BCUT2D eigenvalue weighted by atomic mass is 10.0. The predicted octanol–water partition coefficient (Wildman–Crippen LogP) is 2.24. The van der Waals surface area contributed by atoms with E-state index in [1.54, 1.807) is 4.90 Å². The normalized spacial score (nSPS) is 16.1. The van der Waals surface area contributed by atoms with Gasteiger partial charge in [0.2, 0.25) is 0 Å². The topological polar surface area (TPSA) is 55.6 Å². The van der Waals surface area contributed by atoms with Gasteiger partial charge in [-0.1, -0.05) is 0 Å². The number of nitrogens with two attached hydrogens (primary N) is 1. The summed E-state index contributed by atoms with van der Waals surface area (Å²) in [6.45, 7) is 3.77. The Morgan fingerprint density at radius 1 is 1.32 bits per heavy atom. The van der Waals surface area contributed by atoms with Crippen molar-refractivity contribution in [2.45, 2.75) is 32.3 Å². The van der Waals surface area contributed by atoms with Crippen LogP contribution in [0.4, 0.5) is 8.78 Å². The summed E-state index contributed by atoms with van der Waals surface area (Å²) < 4.78 is 32.7. The van der Waals surface area contributed by atoms with Crippen LogP contribution in [0.2, 0.25) is 0 Å². The molecule has 0 saturated carbocycles. The monoisotopic (exact) mass is 312 g/mol. The first-order chi connectivity index (χ1) is 10.5. The van der Waals surface area contributed by atoms with Crippen LogP contribution in [0.3, 0.4) is 0 Å². The Labute approximate surface area is 129 Å². The van der Waals surface area contributed by atoms with Crippen molar-refractivity contribution < 1.29 is 18.3 Å². The van der Waals surface area contributed by atoms with E-state index in [1.165, 1.54) is 13.0 Å². The summed E-state index contributed by atoms with van der Waals surface area (Å²) in [5.74, 6) is -1.84. The average molecular weight is 312 g/mol. The molecule has 0 aromatic heterocycles. The molecular formula is C16H22F2N2O2. The molecule has 6 heteroatoms. The van der Waals surface area contributed by atoms with Gasteiger partial charge in [-0.25, -0.2) is 8.78 Å². The van der Waals surface area contributed by atoms with E-state index in [0.29, 0.717) is 26.2 Å². The number of likely N-dealkylation sites (tertiary alicyclic amines) is 1. The van der Waals surface area contributed by atoms with Gasteiger partial charge in [0.15, 0.2) is 0 Å². The number of halogens is 2. The maximum Gasteiger partial charge on any atom is 0.256 e. The van der Waals surface area contributed by atoms with Gasteiger partial charge in [0.1, 0.15) is 11.6 Å². The number of rotatable bonds is 5. The Bertz CT molecular complexity index is 529. The van der Waals surface area contributed by atoms with Crippen molar-refractivity contribution in [3.63, 3.8) is 0 Å². The predicted molar refractivity (Wildman–Crippen MR) is 79.6 cm³/mol. The number of carbonyl (C=O) groups is 1. The lowest BCUT2D eigenvalue weighted by Crippen LogP contribution is -2.41. The summed E-state index contributed by atoms with van der Waals surface area (Å²) in [7, 11) is 0. The summed E-state index contributed by atoms with van der Waals surface area (Å²) in [4.78, 5) is 14.0. The Morgan fingerprint density at radius 3 is 2.64 bits per heavy atom. The van der Waals surface area contributed by atoms with Gasteiger partial charge in [0, 0.05) is 25.8 Å². The van der Waals surface area contributed by atoms with Gasteiger partial charge in [-0.2, -0.15) is 0 Å². The van der Waals surface area contributed by atoms with Gasteiger partial charge in [0.25, 0.3) is 5.91 Å². The molecule has 2 rings (SSSR count). The molecule has 2 N–H and O–H groups in total. The highest BCUT2D eigenvalue weighted by molar-refractivity contribution is 5.94. The molecule has 1 aromatic rings. The fraction of sp³-hybridized carbons (Fsp3) is 0.562. The third-order valence-corrected chi connectivity index (χ3v) is 3.91. The fourth-order valence-corrected chi connectivity index (χ4v) is 2.55. The van der Waals surface area contributed by atoms with Crippen molar-refractivity contribution in [2.75, 3.05) is 26.2 Å². The second-order valence-electron chi connectivity index (χ2n) is 5.59. The summed E-state index contributed by atoms with van der Waals surface area (Å²) in [5.41, 5.74) is 5.61. The first-order valence-electron chi connectivity index (χ1n) is 7.59. The zero-order valence-corrected chi connectivity index (χ0v) is 12.8. The second kappa shape index (κ2) is 7.65. The largest absolute Gasteiger partial charge is 0.378 e. The quantitative estimate of drug-likeness (QED) is 0.848. The molecule has 1 aliphatic rings. The van der Waals surface area contributed by atoms with Crippen LogP contribution < -0.4 is 5.73 Å². The van der Waals surface area contributed by atoms with Crippen LogP contribution in [0.25, 0.3) is 0 Å². The molecule has 0 radical (unpaired) electrons. The highest BCUT2D eigenvalue weighted by Gasteiger charge is 2.26. The van der Waals surface area contributed by atoms with Crippen molar-refractivity contribution in [3.8, 4) is 0 Å². The van der Waals surface area contributed by atoms with Gasteiger partial charge in [-0.15, -0.1) is 0 Å². The van der Waals surface area contributed by atoms with E-state index in [-0.39, 0.29) is 23.1 Å². The van der Waals surface area contributed by atoms with Crippen LogP contribution >= 0.6 is 0 Å². The molecule has 1 aromatic carbocycles. The molecule has 4 nitrogen and oxygen atoms in total. The van der Waals surface area contributed by atoms with E-state index in [4.69, 9.17) is 10.5 Å². The van der Waals surface area contributed by atoms with Crippen LogP contribution in [0.15, 0.2) is 12.1 Å². The molecule has 1 amide bonds. The zero-order chi connectivity index (χ0) is 16.1. The van der Waals surface area contributed by atoms with Crippen LogP contribution in [0.1, 0.15) is 35.2 Å². The molecule has 1 fully saturated rings. The SMILES string of the molecule is Cc1cc(C(=O)N2CCC(OCCCN)CC2)c(F)cc1F. The number of piperidine rings is 1. The number of carbonyl (C=O) groups excluding carboxylic acids is 1. The van der Waals surface area contributed by atoms with E-state index in [0.717, 1.165) is 25.3 Å². The van der Waals surface area contributed by atoms with Crippen LogP contribution in [0, 0.1) is 18.6 Å². The van der Waals surface area contributed by atoms with Gasteiger partial charge in [-0.3, -0.25) is 4.79 Å². The van der Waals surface area contributed by atoms with Crippen molar-refractivity contribution in [2.24, 2.45) is 5.73 Å². The molecule has 0 atom stereocenters. The molecule has 122 valence electrons. The van der Waals surface area contributed by atoms with E-state index in [9.17, 15) is 13.6 Å². The van der Waals surface area contributed by atoms with Gasteiger partial charge >= 0.3 is 0 Å². The van der Waals surface area contributed by atoms with Crippen LogP contribution in [0.5, 0.6) is 0 Å². The number of hydrogen-bond acceptors (Lipinski definition) is 3. The number of ether oxygens (including phenoxy) is 1. The Hall–Kier alpha value is -1.53. The number of hydrogen-bond donors (Lipinski definition) is 1. The van der Waals surface area contributed by atoms with Crippen molar-refractivity contribution in [1.29, 1.82) is 0 Å². The van der Waals surface area contributed by atoms with Gasteiger partial charge in [0.05, 0.1) is 11.7 Å². The van der Waals surface area contributed by atoms with Crippen molar-refractivity contribution in [3.05, 3.63) is 34.9 Å². The smallest absolute Gasteiger partial charge is 0.256 e. The lowest BCUT2D eigenvalue weighted by molar-refractivity contribution is 0.00833. The molecule has 1 heterocycles. The number of nitrogens with zero attached hydrogens (tertiary/aromatic N) is 1. The molecule has 0 aliphatic carbocycles. The van der Waals surface area contributed by atoms with E-state index in [2.05, 4.69) is 0 Å². The van der Waals surface area contributed by atoms with Crippen molar-refractivity contribution >= 4 is 5.91 Å². The summed E-state index contributed by atoms with van der Waals surface area (Å²) >= 11 is 0. The van der Waals surface area contributed by atoms with E-state index >= 15 is 0 Å². The lowest BCUT2D eigenvalue weighted by Gasteiger charge is -2.32. The molecule has 0 unspecified atom stereocenters. The minimum Gasteiger partial charge on any atom is -0.378 e. The Kier molecular flexibility index (Phi) is 5.85. The summed E-state index contributed by atoms with van der Waals surface area (Å²) in [5, 5.41) is 0. The highest BCUT2D eigenvalue weighted by Crippen LogP contribution is 2.20. The molecule has 0 bridgehead atoms. The third-order valence-electron chi connectivity index (χ3n) is 3.91. The molecule has 0 spiro atoms. The first kappa shape index (κ1) is 16.8. The van der Waals surface area contributed by atoms with E-state index < -0.39 is 11.6 Å². The fourth-order valence-electron chi connectivity index (χ4n) is 2.55. The van der Waals surface area contributed by atoms with Crippen LogP contribution in [-0.4, -0.2) is 43.2 Å². The average Bonchev–Trinajstić information content (AvgIpc) is 2.51. The number of benzene rings is 1. The summed E-state index contributed by atoms with van der Waals surface area (Å²) in [6, 6.07) is 2.04. The van der Waals surface area contributed by atoms with Gasteiger partial charge < -0.3 is 15.4 Å². The maximum absolute atomic E-state index is 13.8. The van der Waals surface area contributed by atoms with Crippen LogP contribution in [-0.2, 0) is 4.74 Å². The number of amides is 1. The summed E-state index contributed by atoms with van der Waals surface area (Å²) in [6.07, 6.45) is 2.38. The highest BCUT2D eigenvalue weighted by atomic mass is 19.1. The molecular weight excluding hydrogens is 290 g/mol.